The monoisotopic (exact) mass is 398 g/mol. The van der Waals surface area contributed by atoms with Crippen LogP contribution in [-0.2, 0) is 4.79 Å². The Labute approximate surface area is 163 Å². The maximum absolute atomic E-state index is 12.9. The van der Waals surface area contributed by atoms with Gasteiger partial charge in [0.2, 0.25) is 0 Å². The number of amides is 1. The van der Waals surface area contributed by atoms with E-state index in [0.717, 1.165) is 16.8 Å². The second-order valence-corrected chi connectivity index (χ2v) is 6.90. The zero-order valence-corrected chi connectivity index (χ0v) is 15.2. The molecule has 0 spiro atoms. The molecule has 0 radical (unpaired) electrons. The highest BCUT2D eigenvalue weighted by atomic mass is 35.5. The van der Waals surface area contributed by atoms with Crippen LogP contribution in [0.2, 0.25) is 5.02 Å². The van der Waals surface area contributed by atoms with E-state index in [1.165, 1.54) is 12.5 Å². The van der Waals surface area contributed by atoms with Gasteiger partial charge in [-0.1, -0.05) is 23.4 Å². The van der Waals surface area contributed by atoms with E-state index in [1.54, 1.807) is 54.6 Å². The van der Waals surface area contributed by atoms with Gasteiger partial charge in [-0.3, -0.25) is 9.59 Å². The molecule has 0 aliphatic carbocycles. The number of carbonyl (C=O) groups excluding carboxylic acids is 2. The van der Waals surface area contributed by atoms with E-state index >= 15 is 0 Å². The third-order valence-corrected chi connectivity index (χ3v) is 4.85. The molecule has 0 atom stereocenters. The zero-order valence-electron chi connectivity index (χ0n) is 13.7. The lowest BCUT2D eigenvalue weighted by Crippen LogP contribution is -2.33. The number of furan rings is 2. The third-order valence-electron chi connectivity index (χ3n) is 3.63. The Kier molecular flexibility index (Phi) is 4.70. The van der Waals surface area contributed by atoms with Gasteiger partial charge in [-0.15, -0.1) is 0 Å². The number of nitrogens with zero attached hydrogens (tertiary/aromatic N) is 2. The van der Waals surface area contributed by atoms with E-state index in [-0.39, 0.29) is 16.7 Å². The maximum Gasteiger partial charge on any atom is 0.285 e. The number of ketones is 1. The molecule has 2 aromatic heterocycles. The van der Waals surface area contributed by atoms with Crippen molar-refractivity contribution in [3.05, 3.63) is 82.5 Å². The van der Waals surface area contributed by atoms with Gasteiger partial charge in [-0.2, -0.15) is 10.1 Å². The van der Waals surface area contributed by atoms with Crippen molar-refractivity contribution in [1.82, 2.24) is 0 Å². The number of benzene rings is 1. The summed E-state index contributed by atoms with van der Waals surface area (Å²) in [6.07, 6.45) is 4.48. The summed E-state index contributed by atoms with van der Waals surface area (Å²) < 4.78 is 10.5. The van der Waals surface area contributed by atoms with E-state index in [9.17, 15) is 9.59 Å². The fraction of sp³-hybridized carbons (Fsp3) is 0. The molecule has 27 heavy (non-hydrogen) atoms. The van der Waals surface area contributed by atoms with Crippen LogP contribution in [0.25, 0.3) is 6.08 Å². The summed E-state index contributed by atoms with van der Waals surface area (Å²) >= 11 is 6.89. The van der Waals surface area contributed by atoms with Crippen LogP contribution in [0.1, 0.15) is 16.3 Å². The van der Waals surface area contributed by atoms with Crippen molar-refractivity contribution in [2.24, 2.45) is 5.10 Å². The van der Waals surface area contributed by atoms with Crippen LogP contribution in [0.15, 0.2) is 79.9 Å². The van der Waals surface area contributed by atoms with Crippen LogP contribution in [0.4, 0.5) is 5.69 Å². The highest BCUT2D eigenvalue weighted by molar-refractivity contribution is 8.20. The lowest BCUT2D eigenvalue weighted by atomic mass is 10.3. The number of hydrogen-bond donors (Lipinski definition) is 0. The van der Waals surface area contributed by atoms with Crippen molar-refractivity contribution in [2.45, 2.75) is 0 Å². The molecule has 8 heteroatoms. The maximum atomic E-state index is 12.9. The van der Waals surface area contributed by atoms with Crippen molar-refractivity contribution in [3.8, 4) is 0 Å². The molecule has 3 heterocycles. The number of carbonyl (C=O) groups is 2. The van der Waals surface area contributed by atoms with Gasteiger partial charge in [-0.25, -0.2) is 0 Å². The van der Waals surface area contributed by atoms with Crippen molar-refractivity contribution < 1.29 is 18.4 Å². The second kappa shape index (κ2) is 7.30. The first-order chi connectivity index (χ1) is 13.1. The second-order valence-electron chi connectivity index (χ2n) is 5.43. The van der Waals surface area contributed by atoms with Crippen molar-refractivity contribution >= 4 is 51.9 Å². The molecule has 1 amide bonds. The molecule has 6 nitrogen and oxygen atoms in total. The normalized spacial score (nSPS) is 15.9. The van der Waals surface area contributed by atoms with Gasteiger partial charge in [0.1, 0.15) is 5.76 Å². The molecule has 0 unspecified atom stereocenters. The van der Waals surface area contributed by atoms with Crippen LogP contribution in [0.5, 0.6) is 0 Å². The highest BCUT2D eigenvalue weighted by Gasteiger charge is 2.32. The summed E-state index contributed by atoms with van der Waals surface area (Å²) in [5.74, 6) is -0.158. The minimum Gasteiger partial charge on any atom is -0.465 e. The average molecular weight is 399 g/mol. The molecule has 4 rings (SSSR count). The molecule has 0 N–H and O–H groups in total. The molecule has 1 aromatic carbocycles. The number of anilines is 1. The topological polar surface area (TPSA) is 76.0 Å². The molecule has 3 aromatic rings. The van der Waals surface area contributed by atoms with Crippen molar-refractivity contribution in [2.75, 3.05) is 5.01 Å². The van der Waals surface area contributed by atoms with Crippen LogP contribution < -0.4 is 5.01 Å². The minimum absolute atomic E-state index is 0.109. The summed E-state index contributed by atoms with van der Waals surface area (Å²) in [4.78, 5) is 25.9. The van der Waals surface area contributed by atoms with Gasteiger partial charge in [-0.05, 0) is 48.5 Å². The lowest BCUT2D eigenvalue weighted by Gasteiger charge is -2.24. The Morgan fingerprint density at radius 1 is 1.07 bits per heavy atom. The fourth-order valence-electron chi connectivity index (χ4n) is 2.36. The summed E-state index contributed by atoms with van der Waals surface area (Å²) in [6, 6.07) is 13.2. The third kappa shape index (κ3) is 3.60. The zero-order chi connectivity index (χ0) is 18.8. The lowest BCUT2D eigenvalue weighted by molar-refractivity contribution is -0.114. The Morgan fingerprint density at radius 3 is 2.48 bits per heavy atom. The first-order valence-corrected chi connectivity index (χ1v) is 9.01. The number of hydrazone groups is 1. The molecule has 1 aliphatic rings. The van der Waals surface area contributed by atoms with Gasteiger partial charge < -0.3 is 8.83 Å². The van der Waals surface area contributed by atoms with E-state index < -0.39 is 5.78 Å². The smallest absolute Gasteiger partial charge is 0.285 e. The van der Waals surface area contributed by atoms with Gasteiger partial charge in [0, 0.05) is 11.1 Å². The average Bonchev–Trinajstić information content (AvgIpc) is 3.37. The Hall–Kier alpha value is -3.03. The molecule has 1 aliphatic heterocycles. The first-order valence-electron chi connectivity index (χ1n) is 7.82. The van der Waals surface area contributed by atoms with Gasteiger partial charge >= 0.3 is 0 Å². The number of hydrogen-bond acceptors (Lipinski definition) is 6. The molecule has 0 saturated heterocycles. The number of Topliss-reactive ketones (excluding diaryl/α,β-unsaturated/α-hetero) is 1. The Bertz CT molecular complexity index is 1040. The fourth-order valence-corrected chi connectivity index (χ4v) is 3.36. The largest absolute Gasteiger partial charge is 0.465 e. The molecular weight excluding hydrogens is 388 g/mol. The van der Waals surface area contributed by atoms with Gasteiger partial charge in [0.25, 0.3) is 11.7 Å². The van der Waals surface area contributed by atoms with E-state index in [4.69, 9.17) is 20.4 Å². The first kappa shape index (κ1) is 17.4. The van der Waals surface area contributed by atoms with E-state index in [1.807, 2.05) is 0 Å². The van der Waals surface area contributed by atoms with E-state index in [0.29, 0.717) is 21.4 Å². The molecule has 0 saturated carbocycles. The Morgan fingerprint density at radius 2 is 1.81 bits per heavy atom. The van der Waals surface area contributed by atoms with Crippen LogP contribution in [0.3, 0.4) is 0 Å². The highest BCUT2D eigenvalue weighted by Crippen LogP contribution is 2.33. The molecule has 0 fully saturated rings. The number of rotatable bonds is 4. The summed E-state index contributed by atoms with van der Waals surface area (Å²) in [5, 5.41) is 6.04. The minimum atomic E-state index is -0.415. The predicted molar refractivity (Wildman–Crippen MR) is 104 cm³/mol. The van der Waals surface area contributed by atoms with Crippen LogP contribution in [0, 0.1) is 0 Å². The van der Waals surface area contributed by atoms with Crippen LogP contribution in [-0.4, -0.2) is 16.7 Å². The standard InChI is InChI=1S/C19H11ClN2O4S/c20-12-5-7-13(8-6-12)22-19(24)16(11-14-3-1-9-25-14)27-18(21-22)17(23)15-4-2-10-26-15/h1-11H. The number of halogens is 1. The summed E-state index contributed by atoms with van der Waals surface area (Å²) in [5.41, 5.74) is 0.486. The SMILES string of the molecule is O=C(C1=NN(c2ccc(Cl)cc2)C(=O)C(=Cc2ccco2)S1)c1ccco1. The molecular formula is C19H11ClN2O4S. The van der Waals surface area contributed by atoms with E-state index in [2.05, 4.69) is 5.10 Å². The Balaban J connectivity index is 1.77. The van der Waals surface area contributed by atoms with Crippen molar-refractivity contribution in [1.29, 1.82) is 0 Å². The van der Waals surface area contributed by atoms with Crippen molar-refractivity contribution in [3.63, 3.8) is 0 Å². The van der Waals surface area contributed by atoms with Crippen LogP contribution >= 0.6 is 23.4 Å². The number of thioether (sulfide) groups is 1. The van der Waals surface area contributed by atoms with Gasteiger partial charge in [0.15, 0.2) is 10.8 Å². The summed E-state index contributed by atoms with van der Waals surface area (Å²) in [7, 11) is 0. The predicted octanol–water partition coefficient (Wildman–Crippen LogP) is 4.84. The molecule has 134 valence electrons. The molecule has 0 bridgehead atoms. The quantitative estimate of drug-likeness (QED) is 0.464. The van der Waals surface area contributed by atoms with Gasteiger partial charge in [0.05, 0.1) is 23.1 Å². The summed E-state index contributed by atoms with van der Waals surface area (Å²) in [6.45, 7) is 0.